The summed E-state index contributed by atoms with van der Waals surface area (Å²) in [4.78, 5) is 26.3. The van der Waals surface area contributed by atoms with Crippen LogP contribution in [-0.2, 0) is 16.0 Å². The summed E-state index contributed by atoms with van der Waals surface area (Å²) in [5.74, 6) is -0.247. The van der Waals surface area contributed by atoms with Crippen molar-refractivity contribution in [2.45, 2.75) is 31.7 Å². The summed E-state index contributed by atoms with van der Waals surface area (Å²) >= 11 is 0. The van der Waals surface area contributed by atoms with Crippen LogP contribution in [0.4, 0.5) is 4.39 Å². The van der Waals surface area contributed by atoms with E-state index in [0.717, 1.165) is 24.1 Å². The summed E-state index contributed by atoms with van der Waals surface area (Å²) in [5.41, 5.74) is 1.70. The topological polar surface area (TPSA) is 58.6 Å². The van der Waals surface area contributed by atoms with Crippen molar-refractivity contribution in [3.05, 3.63) is 65.5 Å². The first kappa shape index (κ1) is 19.9. The third-order valence-corrected chi connectivity index (χ3v) is 4.97. The maximum Gasteiger partial charge on any atom is 0.222 e. The van der Waals surface area contributed by atoms with E-state index in [4.69, 9.17) is 4.74 Å². The quantitative estimate of drug-likeness (QED) is 0.760. The van der Waals surface area contributed by atoms with E-state index in [2.05, 4.69) is 5.32 Å². The minimum Gasteiger partial charge on any atom is -0.494 e. The molecule has 1 N–H and O–H groups in total. The van der Waals surface area contributed by atoms with Crippen LogP contribution in [0.3, 0.4) is 0 Å². The molecule has 148 valence electrons. The molecule has 2 amide bonds. The molecular formula is C22H25FN2O3. The molecule has 0 unspecified atom stereocenters. The lowest BCUT2D eigenvalue weighted by Gasteiger charge is -2.25. The van der Waals surface area contributed by atoms with Crippen molar-refractivity contribution in [3.8, 4) is 5.75 Å². The highest BCUT2D eigenvalue weighted by atomic mass is 19.1. The molecule has 0 saturated carbocycles. The van der Waals surface area contributed by atoms with Gasteiger partial charge in [-0.2, -0.15) is 0 Å². The number of aryl methyl sites for hydroxylation is 1. The Hall–Kier alpha value is -2.89. The van der Waals surface area contributed by atoms with Gasteiger partial charge in [0, 0.05) is 25.9 Å². The molecule has 1 saturated heterocycles. The molecule has 1 aliphatic heterocycles. The van der Waals surface area contributed by atoms with Crippen molar-refractivity contribution >= 4 is 11.8 Å². The molecule has 0 spiro atoms. The second kappa shape index (κ2) is 9.35. The van der Waals surface area contributed by atoms with Crippen molar-refractivity contribution in [2.24, 2.45) is 0 Å². The van der Waals surface area contributed by atoms with Crippen molar-refractivity contribution in [3.63, 3.8) is 0 Å². The molecule has 3 rings (SSSR count). The van der Waals surface area contributed by atoms with Crippen LogP contribution in [-0.4, -0.2) is 36.9 Å². The van der Waals surface area contributed by atoms with Gasteiger partial charge in [-0.25, -0.2) is 4.39 Å². The van der Waals surface area contributed by atoms with Crippen LogP contribution in [0.5, 0.6) is 5.75 Å². The van der Waals surface area contributed by atoms with Crippen LogP contribution in [0.25, 0.3) is 0 Å². The summed E-state index contributed by atoms with van der Waals surface area (Å²) in [6.07, 6.45) is 2.09. The first-order valence-corrected chi connectivity index (χ1v) is 9.51. The number of nitrogens with zero attached hydrogens (tertiary/aromatic N) is 1. The second-order valence-corrected chi connectivity index (χ2v) is 6.94. The van der Waals surface area contributed by atoms with Gasteiger partial charge in [-0.05, 0) is 36.1 Å². The van der Waals surface area contributed by atoms with Gasteiger partial charge in [0.05, 0.1) is 13.2 Å². The highest BCUT2D eigenvalue weighted by Gasteiger charge is 2.25. The van der Waals surface area contributed by atoms with E-state index in [-0.39, 0.29) is 30.0 Å². The summed E-state index contributed by atoms with van der Waals surface area (Å²) in [6.45, 7) is 1.19. The third-order valence-electron chi connectivity index (χ3n) is 4.97. The van der Waals surface area contributed by atoms with E-state index in [1.807, 2.05) is 30.3 Å². The first-order valence-electron chi connectivity index (χ1n) is 9.51. The minimum absolute atomic E-state index is 0.128. The lowest BCUT2D eigenvalue weighted by Crippen LogP contribution is -2.38. The Morgan fingerprint density at radius 3 is 2.68 bits per heavy atom. The Bertz CT molecular complexity index is 826. The number of nitrogens with one attached hydrogen (secondary N) is 1. The average molecular weight is 384 g/mol. The number of hydrogen-bond acceptors (Lipinski definition) is 3. The molecule has 0 aromatic heterocycles. The third kappa shape index (κ3) is 5.09. The number of carbonyl (C=O) groups is 2. The Morgan fingerprint density at radius 2 is 2.04 bits per heavy atom. The molecule has 0 bridgehead atoms. The van der Waals surface area contributed by atoms with E-state index in [0.29, 0.717) is 19.4 Å². The molecule has 5 nitrogen and oxygen atoms in total. The van der Waals surface area contributed by atoms with Crippen LogP contribution >= 0.6 is 0 Å². The van der Waals surface area contributed by atoms with E-state index in [1.54, 1.807) is 17.0 Å². The highest BCUT2D eigenvalue weighted by molar-refractivity contribution is 5.79. The predicted octanol–water partition coefficient (Wildman–Crippen LogP) is 3.25. The summed E-state index contributed by atoms with van der Waals surface area (Å²) in [6, 6.07) is 14.1. The molecule has 6 heteroatoms. The SMILES string of the molecule is COc1ccc(CCC(=O)N[C@H](CN2CCCC2=O)c2ccccc2)cc1F. The number of carbonyl (C=O) groups excluding carboxylic acids is 2. The van der Waals surface area contributed by atoms with E-state index in [1.165, 1.54) is 13.2 Å². The van der Waals surface area contributed by atoms with Gasteiger partial charge in [-0.15, -0.1) is 0 Å². The Morgan fingerprint density at radius 1 is 1.25 bits per heavy atom. The zero-order valence-corrected chi connectivity index (χ0v) is 16.0. The maximum absolute atomic E-state index is 13.8. The summed E-state index contributed by atoms with van der Waals surface area (Å²) in [5, 5.41) is 3.04. The molecule has 1 heterocycles. The largest absolute Gasteiger partial charge is 0.494 e. The van der Waals surface area contributed by atoms with Crippen LogP contribution in [0.2, 0.25) is 0 Å². The normalized spacial score (nSPS) is 14.8. The second-order valence-electron chi connectivity index (χ2n) is 6.94. The number of rotatable bonds is 8. The van der Waals surface area contributed by atoms with Crippen molar-refractivity contribution in [1.29, 1.82) is 0 Å². The molecule has 2 aromatic rings. The molecule has 28 heavy (non-hydrogen) atoms. The van der Waals surface area contributed by atoms with Gasteiger partial charge in [-0.1, -0.05) is 36.4 Å². The number of amides is 2. The minimum atomic E-state index is -0.435. The number of benzene rings is 2. The van der Waals surface area contributed by atoms with Crippen molar-refractivity contribution in [1.82, 2.24) is 10.2 Å². The zero-order chi connectivity index (χ0) is 19.9. The number of hydrogen-bond donors (Lipinski definition) is 1. The monoisotopic (exact) mass is 384 g/mol. The van der Waals surface area contributed by atoms with Crippen LogP contribution in [0.15, 0.2) is 48.5 Å². The summed E-state index contributed by atoms with van der Waals surface area (Å²) in [7, 11) is 1.42. The van der Waals surface area contributed by atoms with E-state index >= 15 is 0 Å². The fourth-order valence-corrected chi connectivity index (χ4v) is 3.43. The van der Waals surface area contributed by atoms with Crippen LogP contribution in [0, 0.1) is 5.82 Å². The number of halogens is 1. The Balaban J connectivity index is 1.62. The van der Waals surface area contributed by atoms with Crippen LogP contribution < -0.4 is 10.1 Å². The molecule has 1 aliphatic rings. The lowest BCUT2D eigenvalue weighted by atomic mass is 10.0. The molecular weight excluding hydrogens is 359 g/mol. The van der Waals surface area contributed by atoms with Gasteiger partial charge >= 0.3 is 0 Å². The Kier molecular flexibility index (Phi) is 6.63. The van der Waals surface area contributed by atoms with Crippen molar-refractivity contribution < 1.29 is 18.7 Å². The number of ether oxygens (including phenoxy) is 1. The first-order chi connectivity index (χ1) is 13.6. The standard InChI is InChI=1S/C22H25FN2O3/c1-28-20-11-9-16(14-18(20)23)10-12-21(26)24-19(17-6-3-2-4-7-17)15-25-13-5-8-22(25)27/h2-4,6-7,9,11,14,19H,5,8,10,12-13,15H2,1H3,(H,24,26)/t19-/m1/s1. The fourth-order valence-electron chi connectivity index (χ4n) is 3.43. The number of likely N-dealkylation sites (tertiary alicyclic amines) is 1. The van der Waals surface area contributed by atoms with Gasteiger partial charge in [0.2, 0.25) is 11.8 Å². The Labute approximate surface area is 164 Å². The smallest absolute Gasteiger partial charge is 0.222 e. The zero-order valence-electron chi connectivity index (χ0n) is 16.0. The average Bonchev–Trinajstić information content (AvgIpc) is 3.11. The molecule has 0 radical (unpaired) electrons. The van der Waals surface area contributed by atoms with Crippen LogP contribution in [0.1, 0.15) is 36.4 Å². The molecule has 2 aromatic carbocycles. The summed E-state index contributed by atoms with van der Waals surface area (Å²) < 4.78 is 18.7. The molecule has 1 atom stereocenters. The van der Waals surface area contributed by atoms with Gasteiger partial charge in [0.15, 0.2) is 11.6 Å². The maximum atomic E-state index is 13.8. The fraction of sp³-hybridized carbons (Fsp3) is 0.364. The highest BCUT2D eigenvalue weighted by Crippen LogP contribution is 2.20. The molecule has 1 fully saturated rings. The van der Waals surface area contributed by atoms with E-state index < -0.39 is 5.82 Å². The molecule has 0 aliphatic carbocycles. The van der Waals surface area contributed by atoms with Gasteiger partial charge in [0.1, 0.15) is 0 Å². The van der Waals surface area contributed by atoms with Gasteiger partial charge in [-0.3, -0.25) is 9.59 Å². The number of methoxy groups -OCH3 is 1. The van der Waals surface area contributed by atoms with E-state index in [9.17, 15) is 14.0 Å². The lowest BCUT2D eigenvalue weighted by molar-refractivity contribution is -0.129. The van der Waals surface area contributed by atoms with Crippen molar-refractivity contribution in [2.75, 3.05) is 20.2 Å². The van der Waals surface area contributed by atoms with Gasteiger partial charge < -0.3 is 15.0 Å². The predicted molar refractivity (Wildman–Crippen MR) is 104 cm³/mol. The van der Waals surface area contributed by atoms with Gasteiger partial charge in [0.25, 0.3) is 0 Å².